The van der Waals surface area contributed by atoms with Crippen molar-refractivity contribution in [3.63, 3.8) is 0 Å². The molecular formula is C19H27NO4. The average molecular weight is 333 g/mol. The van der Waals surface area contributed by atoms with Crippen molar-refractivity contribution < 1.29 is 19.4 Å². The molecule has 1 aliphatic rings. The number of carbonyl (C=O) groups excluding carboxylic acids is 1. The highest BCUT2D eigenvalue weighted by molar-refractivity contribution is 5.77. The van der Waals surface area contributed by atoms with E-state index >= 15 is 0 Å². The zero-order valence-electron chi connectivity index (χ0n) is 14.5. The van der Waals surface area contributed by atoms with Gasteiger partial charge < -0.3 is 15.2 Å². The number of carbonyl (C=O) groups is 2. The van der Waals surface area contributed by atoms with Gasteiger partial charge in [-0.3, -0.25) is 9.59 Å². The van der Waals surface area contributed by atoms with Gasteiger partial charge >= 0.3 is 5.97 Å². The van der Waals surface area contributed by atoms with Crippen molar-refractivity contribution in [2.24, 2.45) is 5.92 Å². The first-order chi connectivity index (χ1) is 11.4. The molecule has 5 heteroatoms. The van der Waals surface area contributed by atoms with Gasteiger partial charge in [-0.2, -0.15) is 0 Å². The summed E-state index contributed by atoms with van der Waals surface area (Å²) in [6, 6.07) is 9.48. The Bertz CT molecular complexity index is 556. The maximum absolute atomic E-state index is 12.3. The van der Waals surface area contributed by atoms with E-state index in [0.29, 0.717) is 19.4 Å². The smallest absolute Gasteiger partial charge is 0.305 e. The summed E-state index contributed by atoms with van der Waals surface area (Å²) in [6.07, 6.45) is 2.51. The van der Waals surface area contributed by atoms with Crippen LogP contribution in [0.2, 0.25) is 0 Å². The van der Waals surface area contributed by atoms with Crippen LogP contribution >= 0.6 is 0 Å². The maximum Gasteiger partial charge on any atom is 0.305 e. The predicted molar refractivity (Wildman–Crippen MR) is 91.7 cm³/mol. The van der Waals surface area contributed by atoms with Crippen molar-refractivity contribution in [2.75, 3.05) is 6.61 Å². The van der Waals surface area contributed by atoms with Crippen LogP contribution in [0.3, 0.4) is 0 Å². The number of hydrogen-bond donors (Lipinski definition) is 2. The molecule has 1 aliphatic heterocycles. The van der Waals surface area contributed by atoms with Gasteiger partial charge in [-0.25, -0.2) is 0 Å². The molecule has 1 amide bonds. The first-order valence-corrected chi connectivity index (χ1v) is 8.55. The summed E-state index contributed by atoms with van der Waals surface area (Å²) in [7, 11) is 0. The molecule has 2 atom stereocenters. The van der Waals surface area contributed by atoms with Crippen molar-refractivity contribution in [2.45, 2.75) is 57.6 Å². The van der Waals surface area contributed by atoms with Crippen molar-refractivity contribution in [1.29, 1.82) is 0 Å². The van der Waals surface area contributed by atoms with Gasteiger partial charge in [0.1, 0.15) is 0 Å². The molecule has 132 valence electrons. The summed E-state index contributed by atoms with van der Waals surface area (Å²) >= 11 is 0. The molecule has 2 rings (SSSR count). The Morgan fingerprint density at radius 2 is 2.04 bits per heavy atom. The van der Waals surface area contributed by atoms with E-state index < -0.39 is 5.97 Å². The molecule has 0 spiro atoms. The summed E-state index contributed by atoms with van der Waals surface area (Å²) < 4.78 is 5.70. The van der Waals surface area contributed by atoms with Gasteiger partial charge in [0.05, 0.1) is 12.0 Å². The van der Waals surface area contributed by atoms with Gasteiger partial charge in [0.25, 0.3) is 0 Å². The monoisotopic (exact) mass is 333 g/mol. The Balaban J connectivity index is 1.92. The van der Waals surface area contributed by atoms with Crippen LogP contribution in [0.1, 0.15) is 45.1 Å². The lowest BCUT2D eigenvalue weighted by molar-refractivity contribution is -0.139. The molecule has 0 aromatic heterocycles. The van der Waals surface area contributed by atoms with Crippen molar-refractivity contribution >= 4 is 11.9 Å². The molecule has 24 heavy (non-hydrogen) atoms. The van der Waals surface area contributed by atoms with E-state index in [1.807, 2.05) is 44.2 Å². The lowest BCUT2D eigenvalue weighted by Crippen LogP contribution is -2.47. The van der Waals surface area contributed by atoms with Gasteiger partial charge in [-0.1, -0.05) is 30.3 Å². The molecule has 1 saturated heterocycles. The highest BCUT2D eigenvalue weighted by Crippen LogP contribution is 2.31. The largest absolute Gasteiger partial charge is 0.481 e. The molecule has 1 heterocycles. The first-order valence-electron chi connectivity index (χ1n) is 8.55. The van der Waals surface area contributed by atoms with Crippen LogP contribution in [0.25, 0.3) is 0 Å². The Kier molecular flexibility index (Phi) is 6.37. The second-order valence-electron chi connectivity index (χ2n) is 7.12. The Labute approximate surface area is 143 Å². The summed E-state index contributed by atoms with van der Waals surface area (Å²) in [5, 5.41) is 12.1. The highest BCUT2D eigenvalue weighted by Gasteiger charge is 2.35. The van der Waals surface area contributed by atoms with E-state index in [9.17, 15) is 14.7 Å². The third kappa shape index (κ3) is 5.96. The van der Waals surface area contributed by atoms with Crippen LogP contribution in [-0.2, 0) is 20.7 Å². The molecule has 1 aromatic carbocycles. The zero-order chi connectivity index (χ0) is 17.6. The lowest BCUT2D eigenvalue weighted by Gasteiger charge is -2.39. The second kappa shape index (κ2) is 8.29. The van der Waals surface area contributed by atoms with E-state index in [1.165, 1.54) is 0 Å². The number of carboxylic acid groups (broad SMARTS) is 1. The molecule has 2 N–H and O–H groups in total. The van der Waals surface area contributed by atoms with Crippen LogP contribution in [0, 0.1) is 5.92 Å². The molecular weight excluding hydrogens is 306 g/mol. The number of amides is 1. The Morgan fingerprint density at radius 1 is 1.33 bits per heavy atom. The Hall–Kier alpha value is -1.88. The quantitative estimate of drug-likeness (QED) is 0.804. The number of rotatable bonds is 7. The molecule has 0 bridgehead atoms. The maximum atomic E-state index is 12.3. The van der Waals surface area contributed by atoms with Gasteiger partial charge in [0.2, 0.25) is 5.91 Å². The van der Waals surface area contributed by atoms with Gasteiger partial charge in [-0.05, 0) is 44.6 Å². The van der Waals surface area contributed by atoms with Crippen LogP contribution in [0.4, 0.5) is 0 Å². The van der Waals surface area contributed by atoms with Gasteiger partial charge in [0.15, 0.2) is 0 Å². The standard InChI is InChI=1S/C19H27NO4/c1-19(2)13-15(10-11-24-19)16(12-18(22)23)20-17(21)9-8-14-6-4-3-5-7-14/h3-7,15-16H,8-13H2,1-2H3,(H,20,21)(H,22,23)/t15-,16-/m1/s1. The van der Waals surface area contributed by atoms with E-state index in [1.54, 1.807) is 0 Å². The SMILES string of the molecule is CC1(C)C[C@H]([C@@H](CC(=O)O)NC(=O)CCc2ccccc2)CCO1. The first kappa shape index (κ1) is 18.5. The van der Waals surface area contributed by atoms with Crippen molar-refractivity contribution in [1.82, 2.24) is 5.32 Å². The second-order valence-corrected chi connectivity index (χ2v) is 7.12. The number of benzene rings is 1. The predicted octanol–water partition coefficient (Wildman–Crippen LogP) is 2.78. The molecule has 0 aliphatic carbocycles. The molecule has 1 fully saturated rings. The Morgan fingerprint density at radius 3 is 2.67 bits per heavy atom. The summed E-state index contributed by atoms with van der Waals surface area (Å²) in [4.78, 5) is 23.5. The minimum atomic E-state index is -0.882. The summed E-state index contributed by atoms with van der Waals surface area (Å²) in [5.74, 6) is -0.840. The van der Waals surface area contributed by atoms with Crippen LogP contribution in [0.15, 0.2) is 30.3 Å². The fourth-order valence-corrected chi connectivity index (χ4v) is 3.33. The fraction of sp³-hybridized carbons (Fsp3) is 0.579. The van der Waals surface area contributed by atoms with Crippen LogP contribution in [-0.4, -0.2) is 35.2 Å². The van der Waals surface area contributed by atoms with Crippen molar-refractivity contribution in [3.05, 3.63) is 35.9 Å². The van der Waals surface area contributed by atoms with Crippen LogP contribution < -0.4 is 5.32 Å². The normalized spacial score (nSPS) is 21.0. The molecule has 0 radical (unpaired) electrons. The van der Waals surface area contributed by atoms with E-state index in [4.69, 9.17) is 4.74 Å². The minimum Gasteiger partial charge on any atom is -0.481 e. The topological polar surface area (TPSA) is 75.6 Å². The number of ether oxygens (including phenoxy) is 1. The van der Waals surface area contributed by atoms with E-state index in [0.717, 1.165) is 18.4 Å². The van der Waals surface area contributed by atoms with Crippen molar-refractivity contribution in [3.8, 4) is 0 Å². The number of aryl methyl sites for hydroxylation is 1. The molecule has 0 unspecified atom stereocenters. The zero-order valence-corrected chi connectivity index (χ0v) is 14.5. The number of hydrogen-bond acceptors (Lipinski definition) is 3. The molecule has 5 nitrogen and oxygen atoms in total. The van der Waals surface area contributed by atoms with Crippen LogP contribution in [0.5, 0.6) is 0 Å². The summed E-state index contributed by atoms with van der Waals surface area (Å²) in [6.45, 7) is 4.62. The van der Waals surface area contributed by atoms with E-state index in [-0.39, 0.29) is 29.9 Å². The third-order valence-corrected chi connectivity index (χ3v) is 4.53. The fourth-order valence-electron chi connectivity index (χ4n) is 3.33. The third-order valence-electron chi connectivity index (χ3n) is 4.53. The summed E-state index contributed by atoms with van der Waals surface area (Å²) in [5.41, 5.74) is 0.837. The molecule has 0 saturated carbocycles. The highest BCUT2D eigenvalue weighted by atomic mass is 16.5. The van der Waals surface area contributed by atoms with E-state index in [2.05, 4.69) is 5.32 Å². The van der Waals surface area contributed by atoms with Gasteiger partial charge in [-0.15, -0.1) is 0 Å². The number of nitrogens with one attached hydrogen (secondary N) is 1. The lowest BCUT2D eigenvalue weighted by atomic mass is 9.82. The molecule has 1 aromatic rings. The minimum absolute atomic E-state index is 0.0438. The average Bonchev–Trinajstić information content (AvgIpc) is 2.52. The van der Waals surface area contributed by atoms with Gasteiger partial charge in [0, 0.05) is 19.1 Å². The number of aliphatic carboxylic acids is 1. The number of carboxylic acids is 1.